The van der Waals surface area contributed by atoms with Crippen molar-refractivity contribution in [3.05, 3.63) is 70.2 Å². The van der Waals surface area contributed by atoms with Crippen molar-refractivity contribution in [2.45, 2.75) is 13.1 Å². The fourth-order valence-electron chi connectivity index (χ4n) is 3.12. The van der Waals surface area contributed by atoms with Crippen molar-refractivity contribution in [2.24, 2.45) is 0 Å². The Morgan fingerprint density at radius 1 is 1.11 bits per heavy atom. The van der Waals surface area contributed by atoms with Crippen molar-refractivity contribution in [1.29, 1.82) is 0 Å². The first-order chi connectivity index (χ1) is 13.0. The summed E-state index contributed by atoms with van der Waals surface area (Å²) in [6.07, 6.45) is 1.61. The second-order valence-corrected chi connectivity index (χ2v) is 7.04. The number of aromatic nitrogens is 2. The van der Waals surface area contributed by atoms with Gasteiger partial charge in [-0.05, 0) is 24.3 Å². The lowest BCUT2D eigenvalue weighted by atomic mass is 10.0. The molecule has 0 unspecified atom stereocenters. The van der Waals surface area contributed by atoms with E-state index in [1.807, 2.05) is 0 Å². The first-order valence-electron chi connectivity index (χ1n) is 8.33. The number of nitrogens with zero attached hydrogens (tertiary/aromatic N) is 3. The summed E-state index contributed by atoms with van der Waals surface area (Å²) in [4.78, 5) is 14.3. The molecule has 2 amide bonds. The van der Waals surface area contributed by atoms with E-state index in [4.69, 9.17) is 23.2 Å². The molecular formula is C19H15Cl2FN4O. The molecule has 0 spiro atoms. The molecule has 1 N–H and O–H groups in total. The van der Waals surface area contributed by atoms with Gasteiger partial charge >= 0.3 is 6.03 Å². The predicted molar refractivity (Wildman–Crippen MR) is 104 cm³/mol. The first kappa shape index (κ1) is 17.8. The Labute approximate surface area is 165 Å². The van der Waals surface area contributed by atoms with Gasteiger partial charge in [-0.2, -0.15) is 5.10 Å². The van der Waals surface area contributed by atoms with Gasteiger partial charge in [0.25, 0.3) is 0 Å². The van der Waals surface area contributed by atoms with Gasteiger partial charge in [-0.25, -0.2) is 9.18 Å². The number of anilines is 1. The van der Waals surface area contributed by atoms with Crippen molar-refractivity contribution in [3.63, 3.8) is 0 Å². The molecule has 0 atom stereocenters. The van der Waals surface area contributed by atoms with Crippen LogP contribution in [-0.4, -0.2) is 27.3 Å². The Hall–Kier alpha value is -2.57. The van der Waals surface area contributed by atoms with Crippen LogP contribution in [0.4, 0.5) is 14.9 Å². The molecular weight excluding hydrogens is 390 g/mol. The van der Waals surface area contributed by atoms with Gasteiger partial charge in [-0.1, -0.05) is 41.4 Å². The maximum absolute atomic E-state index is 14.4. The van der Waals surface area contributed by atoms with E-state index in [-0.39, 0.29) is 11.1 Å². The largest absolute Gasteiger partial charge is 0.322 e. The SMILES string of the molecule is O=C(Nc1cccc(Cl)c1)N1CCn2ncc(-c3cccc(Cl)c3F)c2C1. The molecule has 2 aromatic carbocycles. The molecule has 27 heavy (non-hydrogen) atoms. The van der Waals surface area contributed by atoms with E-state index in [1.54, 1.807) is 52.2 Å². The van der Waals surface area contributed by atoms with E-state index in [0.717, 1.165) is 5.69 Å². The van der Waals surface area contributed by atoms with E-state index in [2.05, 4.69) is 10.4 Å². The van der Waals surface area contributed by atoms with Gasteiger partial charge in [-0.15, -0.1) is 0 Å². The standard InChI is InChI=1S/C19H15Cl2FN4O/c20-12-3-1-4-13(9-12)24-19(27)25-7-8-26-17(11-25)15(10-23-26)14-5-2-6-16(21)18(14)22/h1-6,9-10H,7-8,11H2,(H,24,27). The third kappa shape index (κ3) is 3.50. The third-order valence-corrected chi connectivity index (χ3v) is 5.00. The highest BCUT2D eigenvalue weighted by molar-refractivity contribution is 6.31. The minimum absolute atomic E-state index is 0.0545. The van der Waals surface area contributed by atoms with Crippen LogP contribution in [0.1, 0.15) is 5.69 Å². The third-order valence-electron chi connectivity index (χ3n) is 4.48. The van der Waals surface area contributed by atoms with Gasteiger partial charge in [0, 0.05) is 28.4 Å². The summed E-state index contributed by atoms with van der Waals surface area (Å²) in [7, 11) is 0. The second kappa shape index (κ2) is 7.21. The number of rotatable bonds is 2. The van der Waals surface area contributed by atoms with E-state index < -0.39 is 5.82 Å². The van der Waals surface area contributed by atoms with Crippen molar-refractivity contribution in [3.8, 4) is 11.1 Å². The summed E-state index contributed by atoms with van der Waals surface area (Å²) in [6, 6.07) is 11.6. The number of fused-ring (bicyclic) bond motifs is 1. The lowest BCUT2D eigenvalue weighted by molar-refractivity contribution is 0.194. The lowest BCUT2D eigenvalue weighted by Crippen LogP contribution is -2.41. The number of hydrogen-bond acceptors (Lipinski definition) is 2. The molecule has 3 aromatic rings. The number of carbonyl (C=O) groups excluding carboxylic acids is 1. The van der Waals surface area contributed by atoms with E-state index in [0.29, 0.717) is 41.5 Å². The fraction of sp³-hybridized carbons (Fsp3) is 0.158. The quantitative estimate of drug-likeness (QED) is 0.649. The molecule has 4 rings (SSSR count). The van der Waals surface area contributed by atoms with Gasteiger partial charge in [0.2, 0.25) is 0 Å². The molecule has 0 aliphatic carbocycles. The molecule has 1 aliphatic heterocycles. The number of carbonyl (C=O) groups is 1. The summed E-state index contributed by atoms with van der Waals surface area (Å²) in [5, 5.41) is 7.76. The zero-order valence-corrected chi connectivity index (χ0v) is 15.6. The van der Waals surface area contributed by atoms with Crippen LogP contribution >= 0.6 is 23.2 Å². The van der Waals surface area contributed by atoms with Crippen molar-refractivity contribution < 1.29 is 9.18 Å². The van der Waals surface area contributed by atoms with Gasteiger partial charge in [0.1, 0.15) is 5.82 Å². The van der Waals surface area contributed by atoms with Crippen molar-refractivity contribution in [1.82, 2.24) is 14.7 Å². The molecule has 0 bridgehead atoms. The molecule has 1 aliphatic rings. The van der Waals surface area contributed by atoms with Crippen molar-refractivity contribution >= 4 is 34.9 Å². The monoisotopic (exact) mass is 404 g/mol. The number of amides is 2. The van der Waals surface area contributed by atoms with Gasteiger partial charge in [-0.3, -0.25) is 4.68 Å². The first-order valence-corrected chi connectivity index (χ1v) is 9.09. The summed E-state index contributed by atoms with van der Waals surface area (Å²) in [6.45, 7) is 1.34. The Morgan fingerprint density at radius 3 is 2.74 bits per heavy atom. The maximum atomic E-state index is 14.4. The lowest BCUT2D eigenvalue weighted by Gasteiger charge is -2.28. The molecule has 0 radical (unpaired) electrons. The van der Waals surface area contributed by atoms with Crippen LogP contribution in [0.5, 0.6) is 0 Å². The van der Waals surface area contributed by atoms with Gasteiger partial charge in [0.15, 0.2) is 0 Å². The van der Waals surface area contributed by atoms with Crippen LogP contribution in [0, 0.1) is 5.82 Å². The molecule has 2 heterocycles. The summed E-state index contributed by atoms with van der Waals surface area (Å²) in [5.41, 5.74) is 2.40. The summed E-state index contributed by atoms with van der Waals surface area (Å²) < 4.78 is 16.2. The Balaban J connectivity index is 1.59. The molecule has 8 heteroatoms. The summed E-state index contributed by atoms with van der Waals surface area (Å²) in [5.74, 6) is -0.490. The topological polar surface area (TPSA) is 50.2 Å². The number of nitrogens with one attached hydrogen (secondary N) is 1. The van der Waals surface area contributed by atoms with Crippen LogP contribution in [0.3, 0.4) is 0 Å². The zero-order valence-electron chi connectivity index (χ0n) is 14.1. The van der Waals surface area contributed by atoms with Gasteiger partial charge < -0.3 is 10.2 Å². The Morgan fingerprint density at radius 2 is 1.93 bits per heavy atom. The van der Waals surface area contributed by atoms with E-state index >= 15 is 0 Å². The van der Waals surface area contributed by atoms with E-state index in [9.17, 15) is 9.18 Å². The number of hydrogen-bond donors (Lipinski definition) is 1. The minimum atomic E-state index is -0.490. The molecule has 0 fully saturated rings. The Bertz CT molecular complexity index is 1020. The molecule has 0 saturated carbocycles. The van der Waals surface area contributed by atoms with Crippen LogP contribution in [-0.2, 0) is 13.1 Å². The number of halogens is 3. The van der Waals surface area contributed by atoms with Crippen molar-refractivity contribution in [2.75, 3.05) is 11.9 Å². The molecule has 138 valence electrons. The Kier molecular flexibility index (Phi) is 4.76. The highest BCUT2D eigenvalue weighted by Gasteiger charge is 2.25. The van der Waals surface area contributed by atoms with Crippen LogP contribution in [0.15, 0.2) is 48.7 Å². The second-order valence-electron chi connectivity index (χ2n) is 6.19. The molecule has 0 saturated heterocycles. The van der Waals surface area contributed by atoms with E-state index in [1.165, 1.54) is 6.07 Å². The van der Waals surface area contributed by atoms with Crippen LogP contribution in [0.25, 0.3) is 11.1 Å². The number of urea groups is 1. The van der Waals surface area contributed by atoms with Gasteiger partial charge in [0.05, 0.1) is 30.0 Å². The van der Waals surface area contributed by atoms with Crippen LogP contribution < -0.4 is 5.32 Å². The smallest absolute Gasteiger partial charge is 0.317 e. The highest BCUT2D eigenvalue weighted by Crippen LogP contribution is 2.32. The average molecular weight is 405 g/mol. The predicted octanol–water partition coefficient (Wildman–Crippen LogP) is 5.04. The zero-order chi connectivity index (χ0) is 19.0. The highest BCUT2D eigenvalue weighted by atomic mass is 35.5. The normalized spacial score (nSPS) is 13.4. The summed E-state index contributed by atoms with van der Waals surface area (Å²) >= 11 is 11.9. The fourth-order valence-corrected chi connectivity index (χ4v) is 3.49. The maximum Gasteiger partial charge on any atom is 0.322 e. The molecule has 5 nitrogen and oxygen atoms in total. The molecule has 1 aromatic heterocycles. The minimum Gasteiger partial charge on any atom is -0.317 e. The average Bonchev–Trinajstić information content (AvgIpc) is 3.07. The number of benzene rings is 2. The van der Waals surface area contributed by atoms with Crippen LogP contribution in [0.2, 0.25) is 10.0 Å².